The molecule has 1 aromatic heterocycles. The molecule has 1 saturated heterocycles. The molecule has 186 valence electrons. The summed E-state index contributed by atoms with van der Waals surface area (Å²) in [6, 6.07) is 5.31. The number of halogens is 1. The molecule has 0 bridgehead atoms. The fraction of sp³-hybridized carbons (Fsp3) is 0.407. The Bertz CT molecular complexity index is 1330. The molecule has 0 spiro atoms. The number of amides is 1. The van der Waals surface area contributed by atoms with Gasteiger partial charge in [-0.15, -0.1) is 0 Å². The Morgan fingerprint density at radius 3 is 2.83 bits per heavy atom. The van der Waals surface area contributed by atoms with Gasteiger partial charge in [-0.3, -0.25) is 9.79 Å². The summed E-state index contributed by atoms with van der Waals surface area (Å²) in [6.07, 6.45) is 7.12. The number of amidine groups is 1. The van der Waals surface area contributed by atoms with E-state index in [4.69, 9.17) is 4.74 Å². The van der Waals surface area contributed by atoms with Crippen LogP contribution in [0.15, 0.2) is 40.4 Å². The van der Waals surface area contributed by atoms with E-state index in [0.717, 1.165) is 23.4 Å². The molecule has 1 amide bonds. The zero-order valence-corrected chi connectivity index (χ0v) is 20.6. The Morgan fingerprint density at radius 2 is 2.06 bits per heavy atom. The van der Waals surface area contributed by atoms with Crippen LogP contribution in [0.5, 0.6) is 11.8 Å². The summed E-state index contributed by atoms with van der Waals surface area (Å²) in [4.78, 5) is 29.9. The number of carbonyl (C=O) groups is 1. The highest BCUT2D eigenvalue weighted by molar-refractivity contribution is 6.05. The number of carbonyl (C=O) groups excluding carboxylic acids is 1. The van der Waals surface area contributed by atoms with Crippen molar-refractivity contribution in [1.29, 1.82) is 0 Å². The zero-order valence-electron chi connectivity index (χ0n) is 20.6. The van der Waals surface area contributed by atoms with Crippen LogP contribution in [0, 0.1) is 11.7 Å². The maximum absolute atomic E-state index is 15.2. The van der Waals surface area contributed by atoms with E-state index in [-0.39, 0.29) is 24.2 Å². The van der Waals surface area contributed by atoms with Gasteiger partial charge in [0.25, 0.3) is 0 Å². The molecule has 8 nitrogen and oxygen atoms in total. The lowest BCUT2D eigenvalue weighted by atomic mass is 10.1. The second-order valence-electron chi connectivity index (χ2n) is 9.83. The van der Waals surface area contributed by atoms with Crippen LogP contribution < -0.4 is 15.0 Å². The minimum atomic E-state index is -0.420. The van der Waals surface area contributed by atoms with E-state index >= 15 is 4.39 Å². The SMILES string of the molecule is CCN1CCN(c2cc(NC3=NCC(C4CC4)=C3)nc(Oc3ccc4c(c3F)C=C(C)C4)n2)CC1=O. The molecule has 0 radical (unpaired) electrons. The lowest BCUT2D eigenvalue weighted by molar-refractivity contribution is -0.130. The molecule has 4 aliphatic rings. The van der Waals surface area contributed by atoms with Crippen molar-refractivity contribution in [2.24, 2.45) is 10.9 Å². The van der Waals surface area contributed by atoms with Crippen LogP contribution >= 0.6 is 0 Å². The van der Waals surface area contributed by atoms with Gasteiger partial charge in [0, 0.05) is 31.3 Å². The van der Waals surface area contributed by atoms with E-state index in [1.807, 2.05) is 35.8 Å². The van der Waals surface area contributed by atoms with Gasteiger partial charge in [-0.2, -0.15) is 9.97 Å². The average Bonchev–Trinajstić information content (AvgIpc) is 3.49. The third-order valence-corrected chi connectivity index (χ3v) is 7.12. The second kappa shape index (κ2) is 9.04. The molecular formula is C27H29FN6O2. The van der Waals surface area contributed by atoms with Gasteiger partial charge in [-0.1, -0.05) is 17.7 Å². The van der Waals surface area contributed by atoms with Crippen molar-refractivity contribution in [1.82, 2.24) is 14.9 Å². The highest BCUT2D eigenvalue weighted by Gasteiger charge is 2.29. The van der Waals surface area contributed by atoms with Crippen LogP contribution in [-0.4, -0.2) is 59.3 Å². The van der Waals surface area contributed by atoms with Gasteiger partial charge in [0.15, 0.2) is 11.6 Å². The summed E-state index contributed by atoms with van der Waals surface area (Å²) in [5, 5.41) is 3.27. The predicted octanol–water partition coefficient (Wildman–Crippen LogP) is 4.20. The number of allylic oxidation sites excluding steroid dienone is 1. The van der Waals surface area contributed by atoms with Crippen LogP contribution in [0.1, 0.15) is 37.8 Å². The summed E-state index contributed by atoms with van der Waals surface area (Å²) in [5.74, 6) is 2.13. The molecule has 1 aromatic carbocycles. The number of aromatic nitrogens is 2. The summed E-state index contributed by atoms with van der Waals surface area (Å²) < 4.78 is 21.1. The quantitative estimate of drug-likeness (QED) is 0.656. The van der Waals surface area contributed by atoms with Crippen molar-refractivity contribution in [3.63, 3.8) is 0 Å². The number of benzene rings is 1. The Hall–Kier alpha value is -3.75. The standard InChI is InChI=1S/C27H29FN6O2/c1-3-33-8-9-34(15-25(33)35)24-13-23(30-22-12-19(14-29-22)17-4-5-17)31-27(32-24)36-21-7-6-18-10-16(2)11-20(18)26(21)28/h6-7,11-13,17H,3-5,8-10,14-15H2,1-2H3,(H,29,30,31,32). The molecule has 2 aliphatic heterocycles. The number of nitrogens with zero attached hydrogens (tertiary/aromatic N) is 5. The summed E-state index contributed by atoms with van der Waals surface area (Å²) in [7, 11) is 0. The van der Waals surface area contributed by atoms with E-state index in [2.05, 4.69) is 26.4 Å². The first-order valence-electron chi connectivity index (χ1n) is 12.6. The number of fused-ring (bicyclic) bond motifs is 1. The molecule has 0 atom stereocenters. The lowest BCUT2D eigenvalue weighted by Crippen LogP contribution is -2.50. The van der Waals surface area contributed by atoms with Gasteiger partial charge >= 0.3 is 6.01 Å². The third-order valence-electron chi connectivity index (χ3n) is 7.12. The Balaban J connectivity index is 1.30. The average molecular weight is 489 g/mol. The first-order valence-corrected chi connectivity index (χ1v) is 12.6. The number of aliphatic imine (C=N–C) groups is 1. The van der Waals surface area contributed by atoms with Crippen LogP contribution in [0.4, 0.5) is 16.0 Å². The monoisotopic (exact) mass is 488 g/mol. The summed E-state index contributed by atoms with van der Waals surface area (Å²) in [5.41, 5.74) is 3.95. The molecule has 1 saturated carbocycles. The number of ether oxygens (including phenoxy) is 1. The van der Waals surface area contributed by atoms with Crippen molar-refractivity contribution in [2.75, 3.05) is 42.9 Å². The van der Waals surface area contributed by atoms with Gasteiger partial charge in [-0.25, -0.2) is 4.39 Å². The highest BCUT2D eigenvalue weighted by atomic mass is 19.1. The summed E-state index contributed by atoms with van der Waals surface area (Å²) in [6.45, 7) is 6.81. The Labute approximate surface area is 209 Å². The number of nitrogens with one attached hydrogen (secondary N) is 1. The zero-order chi connectivity index (χ0) is 24.8. The molecule has 1 N–H and O–H groups in total. The van der Waals surface area contributed by atoms with E-state index in [0.29, 0.717) is 49.3 Å². The van der Waals surface area contributed by atoms with Crippen molar-refractivity contribution in [3.05, 3.63) is 52.4 Å². The van der Waals surface area contributed by atoms with Gasteiger partial charge in [0.1, 0.15) is 17.5 Å². The van der Waals surface area contributed by atoms with Crippen molar-refractivity contribution in [2.45, 2.75) is 33.1 Å². The maximum Gasteiger partial charge on any atom is 0.326 e. The molecular weight excluding hydrogens is 459 g/mol. The molecule has 0 unspecified atom stereocenters. The second-order valence-corrected chi connectivity index (χ2v) is 9.83. The molecule has 2 fully saturated rings. The molecule has 2 aliphatic carbocycles. The molecule has 2 aromatic rings. The smallest absolute Gasteiger partial charge is 0.326 e. The lowest BCUT2D eigenvalue weighted by Gasteiger charge is -2.34. The van der Waals surface area contributed by atoms with E-state index in [1.54, 1.807) is 12.1 Å². The number of piperazine rings is 1. The molecule has 6 rings (SSSR count). The number of hydrogen-bond acceptors (Lipinski definition) is 7. The molecule has 3 heterocycles. The van der Waals surface area contributed by atoms with E-state index < -0.39 is 5.82 Å². The maximum atomic E-state index is 15.2. The van der Waals surface area contributed by atoms with Crippen molar-refractivity contribution in [3.8, 4) is 11.8 Å². The minimum absolute atomic E-state index is 0.0166. The van der Waals surface area contributed by atoms with Crippen LogP contribution in [0.3, 0.4) is 0 Å². The van der Waals surface area contributed by atoms with E-state index in [9.17, 15) is 4.79 Å². The predicted molar refractivity (Wildman–Crippen MR) is 137 cm³/mol. The van der Waals surface area contributed by atoms with Gasteiger partial charge in [0.05, 0.1) is 13.1 Å². The van der Waals surface area contributed by atoms with Crippen molar-refractivity contribution < 1.29 is 13.9 Å². The topological polar surface area (TPSA) is 82.9 Å². The number of anilines is 2. The first-order chi connectivity index (χ1) is 17.5. The number of hydrogen-bond donors (Lipinski definition) is 1. The van der Waals surface area contributed by atoms with Crippen LogP contribution in [-0.2, 0) is 11.2 Å². The van der Waals surface area contributed by atoms with Gasteiger partial charge < -0.3 is 19.9 Å². The fourth-order valence-electron chi connectivity index (χ4n) is 4.97. The number of likely N-dealkylation sites (N-methyl/N-ethyl adjacent to an activating group) is 1. The minimum Gasteiger partial charge on any atom is -0.421 e. The first kappa shape index (κ1) is 22.7. The summed E-state index contributed by atoms with van der Waals surface area (Å²) >= 11 is 0. The Morgan fingerprint density at radius 1 is 1.19 bits per heavy atom. The van der Waals surface area contributed by atoms with Gasteiger partial charge in [0.2, 0.25) is 5.91 Å². The van der Waals surface area contributed by atoms with Crippen LogP contribution in [0.2, 0.25) is 0 Å². The van der Waals surface area contributed by atoms with Crippen molar-refractivity contribution >= 4 is 29.5 Å². The third kappa shape index (κ3) is 4.45. The van der Waals surface area contributed by atoms with Gasteiger partial charge in [-0.05, 0) is 62.3 Å². The normalized spacial score (nSPS) is 19.2. The molecule has 36 heavy (non-hydrogen) atoms. The number of rotatable bonds is 6. The molecule has 9 heteroatoms. The largest absolute Gasteiger partial charge is 0.421 e. The Kier molecular flexibility index (Phi) is 5.70. The van der Waals surface area contributed by atoms with E-state index in [1.165, 1.54) is 18.4 Å². The highest BCUT2D eigenvalue weighted by Crippen LogP contribution is 2.38. The van der Waals surface area contributed by atoms with Crippen LogP contribution in [0.25, 0.3) is 6.08 Å². The fourth-order valence-corrected chi connectivity index (χ4v) is 4.97.